The fraction of sp³-hybridized carbons (Fsp3) is 0.222. The molecule has 24 heavy (non-hydrogen) atoms. The van der Waals surface area contributed by atoms with Gasteiger partial charge in [-0.05, 0) is 55.3 Å². The van der Waals surface area contributed by atoms with E-state index in [0.717, 1.165) is 10.2 Å². The monoisotopic (exact) mass is 360 g/mol. The van der Waals surface area contributed by atoms with E-state index in [4.69, 9.17) is 16.3 Å². The molecule has 0 saturated heterocycles. The van der Waals surface area contributed by atoms with Gasteiger partial charge in [-0.25, -0.2) is 0 Å². The molecule has 1 amide bonds. The molecule has 0 spiro atoms. The number of carbonyl (C=O) groups is 1. The number of methoxy groups -OCH3 is 1. The van der Waals surface area contributed by atoms with Crippen LogP contribution < -0.4 is 9.54 Å². The van der Waals surface area contributed by atoms with Gasteiger partial charge in [-0.15, -0.1) is 0 Å². The maximum absolute atomic E-state index is 12.6. The molecular weight excluding hydrogens is 344 g/mol. The summed E-state index contributed by atoms with van der Waals surface area (Å²) >= 11 is 7.49. The number of hydrogen-bond donors (Lipinski definition) is 0. The summed E-state index contributed by atoms with van der Waals surface area (Å²) < 4.78 is 8.27. The molecule has 0 atom stereocenters. The van der Waals surface area contributed by atoms with E-state index in [1.54, 1.807) is 18.2 Å². The summed E-state index contributed by atoms with van der Waals surface area (Å²) in [5.41, 5.74) is 3.85. The van der Waals surface area contributed by atoms with E-state index >= 15 is 0 Å². The van der Waals surface area contributed by atoms with Crippen LogP contribution in [0.15, 0.2) is 35.3 Å². The molecule has 4 nitrogen and oxygen atoms in total. The van der Waals surface area contributed by atoms with Gasteiger partial charge in [0.15, 0.2) is 4.80 Å². The molecule has 6 heteroatoms. The molecule has 0 aliphatic carbocycles. The van der Waals surface area contributed by atoms with Crippen molar-refractivity contribution in [2.24, 2.45) is 12.0 Å². The fourth-order valence-electron chi connectivity index (χ4n) is 2.48. The van der Waals surface area contributed by atoms with Gasteiger partial charge in [0, 0.05) is 12.1 Å². The largest absolute Gasteiger partial charge is 0.496 e. The van der Waals surface area contributed by atoms with Crippen molar-refractivity contribution < 1.29 is 9.53 Å². The van der Waals surface area contributed by atoms with Crippen LogP contribution in [-0.2, 0) is 7.05 Å². The lowest BCUT2D eigenvalue weighted by atomic mass is 10.1. The number of thiazole rings is 1. The van der Waals surface area contributed by atoms with E-state index < -0.39 is 0 Å². The number of halogens is 1. The number of amides is 1. The zero-order valence-corrected chi connectivity index (χ0v) is 15.5. The topological polar surface area (TPSA) is 43.6 Å². The zero-order chi connectivity index (χ0) is 17.4. The Balaban J connectivity index is 2.15. The van der Waals surface area contributed by atoms with Gasteiger partial charge in [-0.1, -0.05) is 22.9 Å². The van der Waals surface area contributed by atoms with Crippen LogP contribution in [0.1, 0.15) is 21.5 Å². The summed E-state index contributed by atoms with van der Waals surface area (Å²) in [6.07, 6.45) is 0. The number of rotatable bonds is 2. The molecule has 2 aromatic carbocycles. The first-order chi connectivity index (χ1) is 11.4. The number of aromatic nitrogens is 1. The molecule has 0 unspecified atom stereocenters. The first kappa shape index (κ1) is 16.7. The zero-order valence-electron chi connectivity index (χ0n) is 13.9. The quantitative estimate of drug-likeness (QED) is 0.685. The van der Waals surface area contributed by atoms with Crippen molar-refractivity contribution in [1.29, 1.82) is 0 Å². The average molecular weight is 361 g/mol. The molecule has 0 saturated carbocycles. The molecule has 0 fully saturated rings. The summed E-state index contributed by atoms with van der Waals surface area (Å²) in [5.74, 6) is 0.0913. The highest BCUT2D eigenvalue weighted by Crippen LogP contribution is 2.24. The first-order valence-electron chi connectivity index (χ1n) is 7.40. The average Bonchev–Trinajstić information content (AvgIpc) is 2.83. The van der Waals surface area contributed by atoms with Crippen LogP contribution in [-0.4, -0.2) is 17.6 Å². The van der Waals surface area contributed by atoms with E-state index in [1.165, 1.54) is 29.6 Å². The van der Waals surface area contributed by atoms with Gasteiger partial charge in [-0.3, -0.25) is 4.79 Å². The Morgan fingerprint density at radius 1 is 1.21 bits per heavy atom. The summed E-state index contributed by atoms with van der Waals surface area (Å²) in [7, 11) is 3.43. The van der Waals surface area contributed by atoms with Gasteiger partial charge in [0.25, 0.3) is 5.91 Å². The second kappa shape index (κ2) is 6.42. The second-order valence-electron chi connectivity index (χ2n) is 5.61. The van der Waals surface area contributed by atoms with E-state index in [-0.39, 0.29) is 5.91 Å². The predicted octanol–water partition coefficient (Wildman–Crippen LogP) is 4.26. The Bertz CT molecular complexity index is 1020. The van der Waals surface area contributed by atoms with Crippen LogP contribution in [0.4, 0.5) is 0 Å². The third-order valence-corrected chi connectivity index (χ3v) is 5.34. The molecule has 124 valence electrons. The minimum atomic E-state index is -0.370. The molecule has 3 aromatic rings. The normalized spacial score (nSPS) is 12.0. The lowest BCUT2D eigenvalue weighted by Gasteiger charge is -2.05. The van der Waals surface area contributed by atoms with Gasteiger partial charge in [0.2, 0.25) is 0 Å². The number of benzene rings is 2. The van der Waals surface area contributed by atoms with E-state index in [0.29, 0.717) is 21.1 Å². The van der Waals surface area contributed by atoms with Crippen molar-refractivity contribution >= 4 is 39.1 Å². The molecule has 3 rings (SSSR count). The third kappa shape index (κ3) is 2.97. The molecule has 0 aliphatic heterocycles. The standard InChI is InChI=1S/C18H17ClN2O2S/c1-10-7-14-16(8-11(10)2)24-18(21(14)3)20-17(22)13-9-12(19)5-6-15(13)23-4/h5-9H,1-4H3. The summed E-state index contributed by atoms with van der Waals surface area (Å²) in [6.45, 7) is 4.15. The Hall–Kier alpha value is -2.11. The lowest BCUT2D eigenvalue weighted by molar-refractivity contribution is 0.0995. The summed E-state index contributed by atoms with van der Waals surface area (Å²) in [4.78, 5) is 17.5. The molecular formula is C18H17ClN2O2S. The number of aryl methyl sites for hydroxylation is 3. The van der Waals surface area contributed by atoms with Gasteiger partial charge in [-0.2, -0.15) is 4.99 Å². The van der Waals surface area contributed by atoms with Gasteiger partial charge in [0.1, 0.15) is 5.75 Å². The first-order valence-corrected chi connectivity index (χ1v) is 8.59. The second-order valence-corrected chi connectivity index (χ2v) is 7.05. The SMILES string of the molecule is COc1ccc(Cl)cc1C(=O)N=c1sc2cc(C)c(C)cc2n1C. The highest BCUT2D eigenvalue weighted by Gasteiger charge is 2.13. The highest BCUT2D eigenvalue weighted by molar-refractivity contribution is 7.16. The Labute approximate surface area is 149 Å². The lowest BCUT2D eigenvalue weighted by Crippen LogP contribution is -2.13. The van der Waals surface area contributed by atoms with Crippen molar-refractivity contribution in [2.75, 3.05) is 7.11 Å². The van der Waals surface area contributed by atoms with E-state index in [1.807, 2.05) is 11.6 Å². The molecule has 1 aromatic heterocycles. The number of fused-ring (bicyclic) bond motifs is 1. The van der Waals surface area contributed by atoms with Gasteiger partial charge in [0.05, 0.1) is 22.9 Å². The predicted molar refractivity (Wildman–Crippen MR) is 98.2 cm³/mol. The van der Waals surface area contributed by atoms with Crippen molar-refractivity contribution in [3.8, 4) is 5.75 Å². The summed E-state index contributed by atoms with van der Waals surface area (Å²) in [6, 6.07) is 9.17. The van der Waals surface area contributed by atoms with Crippen LogP contribution >= 0.6 is 22.9 Å². The van der Waals surface area contributed by atoms with Crippen LogP contribution in [0.3, 0.4) is 0 Å². The third-order valence-electron chi connectivity index (χ3n) is 4.01. The Morgan fingerprint density at radius 3 is 2.62 bits per heavy atom. The number of carbonyl (C=O) groups excluding carboxylic acids is 1. The summed E-state index contributed by atoms with van der Waals surface area (Å²) in [5, 5.41) is 0.473. The Kier molecular flexibility index (Phi) is 4.47. The minimum absolute atomic E-state index is 0.356. The highest BCUT2D eigenvalue weighted by atomic mass is 35.5. The van der Waals surface area contributed by atoms with Crippen LogP contribution in [0.5, 0.6) is 5.75 Å². The maximum atomic E-state index is 12.6. The van der Waals surface area contributed by atoms with Crippen LogP contribution in [0.25, 0.3) is 10.2 Å². The molecule has 1 heterocycles. The maximum Gasteiger partial charge on any atom is 0.283 e. The number of ether oxygens (including phenoxy) is 1. The minimum Gasteiger partial charge on any atom is -0.496 e. The van der Waals surface area contributed by atoms with Crippen molar-refractivity contribution in [2.45, 2.75) is 13.8 Å². The van der Waals surface area contributed by atoms with Gasteiger partial charge >= 0.3 is 0 Å². The van der Waals surface area contributed by atoms with E-state index in [2.05, 4.69) is 31.0 Å². The fourth-order valence-corrected chi connectivity index (χ4v) is 3.75. The Morgan fingerprint density at radius 2 is 1.92 bits per heavy atom. The van der Waals surface area contributed by atoms with Gasteiger partial charge < -0.3 is 9.30 Å². The smallest absolute Gasteiger partial charge is 0.283 e. The molecule has 0 N–H and O–H groups in total. The molecule has 0 bridgehead atoms. The van der Waals surface area contributed by atoms with Crippen LogP contribution in [0, 0.1) is 13.8 Å². The van der Waals surface area contributed by atoms with Crippen molar-refractivity contribution in [3.63, 3.8) is 0 Å². The van der Waals surface area contributed by atoms with E-state index in [9.17, 15) is 4.79 Å². The van der Waals surface area contributed by atoms with Crippen LogP contribution in [0.2, 0.25) is 5.02 Å². The van der Waals surface area contributed by atoms with Crippen molar-refractivity contribution in [3.05, 3.63) is 56.8 Å². The molecule has 0 radical (unpaired) electrons. The number of nitrogens with zero attached hydrogens (tertiary/aromatic N) is 2. The number of hydrogen-bond acceptors (Lipinski definition) is 3. The molecule has 0 aliphatic rings. The van der Waals surface area contributed by atoms with Crippen molar-refractivity contribution in [1.82, 2.24) is 4.57 Å².